The first-order valence-corrected chi connectivity index (χ1v) is 7.91. The molecule has 0 aliphatic heterocycles. The molecule has 30 heavy (non-hydrogen) atoms. The highest BCUT2D eigenvalue weighted by Gasteiger charge is 2.89. The molecular weight excluding hydrogens is 474 g/mol. The Morgan fingerprint density at radius 1 is 0.900 bits per heavy atom. The fraction of sp³-hybridized carbons (Fsp3) is 0.533. The lowest BCUT2D eigenvalue weighted by molar-refractivity contribution is -0.407. The van der Waals surface area contributed by atoms with Gasteiger partial charge in [0.15, 0.2) is 0 Å². The van der Waals surface area contributed by atoms with Crippen molar-refractivity contribution in [2.75, 3.05) is 6.54 Å². The van der Waals surface area contributed by atoms with E-state index in [9.17, 15) is 57.5 Å². The number of amides is 1. The number of nitrogens with one attached hydrogen (secondary N) is 1. The van der Waals surface area contributed by atoms with Gasteiger partial charge in [-0.15, -0.1) is 0 Å². The van der Waals surface area contributed by atoms with Crippen molar-refractivity contribution in [3.05, 3.63) is 34.9 Å². The SMILES string of the molecule is O=C(NCCc1cccc(Cl)c1)C(F)(F)C(F)(F)C(F)(F)C(F)(F)C(F)(F)C(F)F. The largest absolute Gasteiger partial charge is 0.392 e. The van der Waals surface area contributed by atoms with Crippen LogP contribution in [0.25, 0.3) is 0 Å². The van der Waals surface area contributed by atoms with Gasteiger partial charge in [0.05, 0.1) is 0 Å². The van der Waals surface area contributed by atoms with Crippen LogP contribution in [0.2, 0.25) is 5.02 Å². The minimum absolute atomic E-state index is 0.150. The number of hydrogen-bond acceptors (Lipinski definition) is 1. The molecule has 0 aromatic heterocycles. The zero-order valence-corrected chi connectivity index (χ0v) is 14.9. The molecule has 0 radical (unpaired) electrons. The zero-order valence-electron chi connectivity index (χ0n) is 14.1. The van der Waals surface area contributed by atoms with Crippen molar-refractivity contribution in [2.45, 2.75) is 42.5 Å². The van der Waals surface area contributed by atoms with Crippen molar-refractivity contribution in [1.82, 2.24) is 5.32 Å². The summed E-state index contributed by atoms with van der Waals surface area (Å²) in [4.78, 5) is 11.2. The summed E-state index contributed by atoms with van der Waals surface area (Å²) in [6.45, 7) is -0.903. The Hall–Kier alpha value is -1.86. The van der Waals surface area contributed by atoms with Crippen LogP contribution >= 0.6 is 11.6 Å². The lowest BCUT2D eigenvalue weighted by Gasteiger charge is -2.38. The van der Waals surface area contributed by atoms with E-state index in [0.717, 1.165) is 5.32 Å². The molecule has 0 bridgehead atoms. The molecule has 172 valence electrons. The molecule has 1 rings (SSSR count). The van der Waals surface area contributed by atoms with Gasteiger partial charge in [0.2, 0.25) is 0 Å². The van der Waals surface area contributed by atoms with Crippen molar-refractivity contribution in [3.63, 3.8) is 0 Å². The Bertz CT molecular complexity index is 768. The van der Waals surface area contributed by atoms with Crippen LogP contribution in [-0.4, -0.2) is 48.5 Å². The molecule has 1 aromatic carbocycles. The van der Waals surface area contributed by atoms with Gasteiger partial charge in [-0.1, -0.05) is 23.7 Å². The van der Waals surface area contributed by atoms with Crippen LogP contribution in [0.15, 0.2) is 24.3 Å². The van der Waals surface area contributed by atoms with Crippen molar-refractivity contribution in [3.8, 4) is 0 Å². The van der Waals surface area contributed by atoms with Crippen molar-refractivity contribution < 1.29 is 57.5 Å². The summed E-state index contributed by atoms with van der Waals surface area (Å²) in [5.41, 5.74) is 0.256. The Morgan fingerprint density at radius 3 is 1.90 bits per heavy atom. The van der Waals surface area contributed by atoms with Crippen LogP contribution in [-0.2, 0) is 11.2 Å². The van der Waals surface area contributed by atoms with Crippen LogP contribution in [0.5, 0.6) is 0 Å². The summed E-state index contributed by atoms with van der Waals surface area (Å²) in [6, 6.07) is 5.34. The first-order valence-electron chi connectivity index (χ1n) is 7.54. The molecule has 0 atom stereocenters. The molecule has 15 heteroatoms. The normalized spacial score (nSPS) is 14.2. The average molecular weight is 484 g/mol. The van der Waals surface area contributed by atoms with E-state index in [-0.39, 0.29) is 17.0 Å². The zero-order chi connectivity index (χ0) is 23.8. The number of carbonyl (C=O) groups is 1. The van der Waals surface area contributed by atoms with Crippen LogP contribution in [0.4, 0.5) is 52.7 Å². The molecule has 1 aromatic rings. The molecule has 1 N–H and O–H groups in total. The van der Waals surface area contributed by atoms with Crippen LogP contribution in [0.3, 0.4) is 0 Å². The maximum absolute atomic E-state index is 13.6. The summed E-state index contributed by atoms with van der Waals surface area (Å²) in [5, 5.41) is 1.21. The minimum Gasteiger partial charge on any atom is -0.350 e. The van der Waals surface area contributed by atoms with Gasteiger partial charge in [-0.3, -0.25) is 4.79 Å². The second-order valence-electron chi connectivity index (χ2n) is 5.86. The van der Waals surface area contributed by atoms with E-state index in [0.29, 0.717) is 0 Å². The molecule has 0 aliphatic carbocycles. The number of carbonyl (C=O) groups excluding carboxylic acids is 1. The Kier molecular flexibility index (Phi) is 7.28. The molecule has 0 spiro atoms. The van der Waals surface area contributed by atoms with Crippen molar-refractivity contribution in [2.24, 2.45) is 0 Å². The highest BCUT2D eigenvalue weighted by molar-refractivity contribution is 6.30. The maximum atomic E-state index is 13.6. The molecule has 0 heterocycles. The number of halogens is 13. The van der Waals surface area contributed by atoms with Crippen molar-refractivity contribution >= 4 is 17.5 Å². The highest BCUT2D eigenvalue weighted by atomic mass is 35.5. The van der Waals surface area contributed by atoms with E-state index < -0.39 is 48.5 Å². The summed E-state index contributed by atoms with van der Waals surface area (Å²) < 4.78 is 156. The lowest BCUT2D eigenvalue weighted by atomic mass is 9.94. The number of hydrogen-bond donors (Lipinski definition) is 1. The summed E-state index contributed by atoms with van der Waals surface area (Å²) >= 11 is 5.60. The molecular formula is C15H10ClF12NO. The standard InChI is InChI=1S/C15H10ClF12NO/c16-8-3-1-2-7(6-8)4-5-29-10(30)12(21,22)14(25,26)15(27,28)13(23,24)11(19,20)9(17)18/h1-3,6,9H,4-5H2,(H,29,30). The smallest absolute Gasteiger partial charge is 0.350 e. The van der Waals surface area contributed by atoms with E-state index in [2.05, 4.69) is 0 Å². The Balaban J connectivity index is 3.08. The predicted molar refractivity (Wildman–Crippen MR) is 78.9 cm³/mol. The summed E-state index contributed by atoms with van der Waals surface area (Å²) in [5.74, 6) is -39.9. The van der Waals surface area contributed by atoms with Crippen LogP contribution in [0, 0.1) is 0 Å². The molecule has 0 saturated carbocycles. The second kappa shape index (κ2) is 8.35. The third kappa shape index (κ3) is 4.28. The van der Waals surface area contributed by atoms with Gasteiger partial charge in [0, 0.05) is 11.6 Å². The van der Waals surface area contributed by atoms with Crippen LogP contribution < -0.4 is 5.32 Å². The third-order valence-electron chi connectivity index (χ3n) is 3.75. The fourth-order valence-corrected chi connectivity index (χ4v) is 2.22. The molecule has 0 fully saturated rings. The molecule has 1 amide bonds. The Morgan fingerprint density at radius 2 is 1.43 bits per heavy atom. The van der Waals surface area contributed by atoms with Crippen LogP contribution in [0.1, 0.15) is 5.56 Å². The average Bonchev–Trinajstić information content (AvgIpc) is 2.60. The topological polar surface area (TPSA) is 29.1 Å². The van der Waals surface area contributed by atoms with E-state index in [1.165, 1.54) is 24.3 Å². The number of benzene rings is 1. The second-order valence-corrected chi connectivity index (χ2v) is 6.29. The van der Waals surface area contributed by atoms with Gasteiger partial charge in [0.1, 0.15) is 0 Å². The van der Waals surface area contributed by atoms with Crippen molar-refractivity contribution in [1.29, 1.82) is 0 Å². The predicted octanol–water partition coefficient (Wildman–Crippen LogP) is 5.44. The maximum Gasteiger partial charge on any atom is 0.392 e. The lowest BCUT2D eigenvalue weighted by Crippen LogP contribution is -2.70. The number of alkyl halides is 12. The monoisotopic (exact) mass is 483 g/mol. The van der Waals surface area contributed by atoms with E-state index in [4.69, 9.17) is 11.6 Å². The van der Waals surface area contributed by atoms with E-state index >= 15 is 0 Å². The van der Waals surface area contributed by atoms with Gasteiger partial charge in [-0.05, 0) is 24.1 Å². The highest BCUT2D eigenvalue weighted by Crippen LogP contribution is 2.58. The molecule has 0 saturated heterocycles. The molecule has 2 nitrogen and oxygen atoms in total. The Labute approximate surface area is 165 Å². The molecule has 0 aliphatic rings. The van der Waals surface area contributed by atoms with E-state index in [1.54, 1.807) is 0 Å². The third-order valence-corrected chi connectivity index (χ3v) is 3.98. The fourth-order valence-electron chi connectivity index (χ4n) is 2.01. The van der Waals surface area contributed by atoms with Gasteiger partial charge in [-0.2, -0.15) is 43.9 Å². The van der Waals surface area contributed by atoms with Gasteiger partial charge in [0.25, 0.3) is 5.91 Å². The summed E-state index contributed by atoms with van der Waals surface area (Å²) in [6.07, 6.45) is -5.96. The number of rotatable bonds is 9. The first-order chi connectivity index (χ1) is 13.3. The quantitative estimate of drug-likeness (QED) is 0.466. The van der Waals surface area contributed by atoms with Gasteiger partial charge < -0.3 is 5.32 Å². The molecule has 0 unspecified atom stereocenters. The van der Waals surface area contributed by atoms with Gasteiger partial charge >= 0.3 is 36.0 Å². The summed E-state index contributed by atoms with van der Waals surface area (Å²) in [7, 11) is 0. The van der Waals surface area contributed by atoms with E-state index in [1.807, 2.05) is 0 Å². The first kappa shape index (κ1) is 26.2. The minimum atomic E-state index is -7.74. The van der Waals surface area contributed by atoms with Gasteiger partial charge in [-0.25, -0.2) is 8.78 Å².